The summed E-state index contributed by atoms with van der Waals surface area (Å²) in [5.41, 5.74) is 0. The fourth-order valence-electron chi connectivity index (χ4n) is 2.28. The van der Waals surface area contributed by atoms with Gasteiger partial charge in [-0.1, -0.05) is 0 Å². The normalized spacial score (nSPS) is 22.5. The van der Waals surface area contributed by atoms with E-state index < -0.39 is 0 Å². The van der Waals surface area contributed by atoms with Gasteiger partial charge in [-0.3, -0.25) is 4.79 Å². The highest BCUT2D eigenvalue weighted by atomic mass is 16.5. The number of piperidine rings is 1. The molecule has 0 atom stereocenters. The first-order valence-corrected chi connectivity index (χ1v) is 6.42. The van der Waals surface area contributed by atoms with Crippen LogP contribution in [0.2, 0.25) is 0 Å². The number of hydrogen-bond donors (Lipinski definition) is 1. The highest BCUT2D eigenvalue weighted by molar-refractivity contribution is 5.77. The standard InChI is InChI=1S/C12H22N2O3/c1-16-7-4-12(15)14-8-11(9-14)17-10-2-5-13-6-3-10/h10-11,13H,2-9H2,1H3. The Morgan fingerprint density at radius 3 is 2.65 bits per heavy atom. The van der Waals surface area contributed by atoms with Crippen LogP contribution in [0.25, 0.3) is 0 Å². The molecule has 0 unspecified atom stereocenters. The number of nitrogens with one attached hydrogen (secondary N) is 1. The van der Waals surface area contributed by atoms with E-state index in [0.29, 0.717) is 19.1 Å². The Kier molecular flexibility index (Phi) is 4.76. The molecule has 2 fully saturated rings. The van der Waals surface area contributed by atoms with Gasteiger partial charge in [0.05, 0.1) is 25.2 Å². The lowest BCUT2D eigenvalue weighted by Gasteiger charge is -2.41. The number of carbonyl (C=O) groups is 1. The van der Waals surface area contributed by atoms with Gasteiger partial charge in [-0.25, -0.2) is 0 Å². The summed E-state index contributed by atoms with van der Waals surface area (Å²) in [4.78, 5) is 13.5. The largest absolute Gasteiger partial charge is 0.384 e. The van der Waals surface area contributed by atoms with Crippen molar-refractivity contribution in [3.05, 3.63) is 0 Å². The second-order valence-corrected chi connectivity index (χ2v) is 4.75. The van der Waals surface area contributed by atoms with Crippen molar-refractivity contribution in [2.75, 3.05) is 39.9 Å². The van der Waals surface area contributed by atoms with Gasteiger partial charge in [0.1, 0.15) is 0 Å². The molecule has 17 heavy (non-hydrogen) atoms. The van der Waals surface area contributed by atoms with Crippen molar-refractivity contribution >= 4 is 5.91 Å². The summed E-state index contributed by atoms with van der Waals surface area (Å²) in [5.74, 6) is 0.178. The SMILES string of the molecule is COCCC(=O)N1CC(OC2CCNCC2)C1. The van der Waals surface area contributed by atoms with Gasteiger partial charge in [-0.05, 0) is 25.9 Å². The van der Waals surface area contributed by atoms with Gasteiger partial charge < -0.3 is 19.7 Å². The molecule has 0 saturated carbocycles. The molecule has 98 valence electrons. The van der Waals surface area contributed by atoms with Gasteiger partial charge in [-0.2, -0.15) is 0 Å². The zero-order valence-corrected chi connectivity index (χ0v) is 10.5. The summed E-state index contributed by atoms with van der Waals surface area (Å²) in [6, 6.07) is 0. The van der Waals surface area contributed by atoms with Crippen LogP contribution in [0, 0.1) is 0 Å². The molecule has 0 radical (unpaired) electrons. The van der Waals surface area contributed by atoms with Crippen LogP contribution in [0.5, 0.6) is 0 Å². The average molecular weight is 242 g/mol. The van der Waals surface area contributed by atoms with Crippen molar-refractivity contribution in [1.82, 2.24) is 10.2 Å². The Morgan fingerprint density at radius 1 is 1.29 bits per heavy atom. The Hall–Kier alpha value is -0.650. The first kappa shape index (κ1) is 12.8. The predicted molar refractivity (Wildman–Crippen MR) is 63.8 cm³/mol. The molecule has 0 spiro atoms. The van der Waals surface area contributed by atoms with E-state index >= 15 is 0 Å². The fourth-order valence-corrected chi connectivity index (χ4v) is 2.28. The maximum atomic E-state index is 11.6. The first-order valence-electron chi connectivity index (χ1n) is 6.42. The number of methoxy groups -OCH3 is 1. The van der Waals surface area contributed by atoms with Crippen LogP contribution >= 0.6 is 0 Å². The minimum absolute atomic E-state index is 0.178. The van der Waals surface area contributed by atoms with E-state index in [1.54, 1.807) is 7.11 Å². The number of ether oxygens (including phenoxy) is 2. The fraction of sp³-hybridized carbons (Fsp3) is 0.917. The zero-order chi connectivity index (χ0) is 12.1. The topological polar surface area (TPSA) is 50.8 Å². The maximum Gasteiger partial charge on any atom is 0.225 e. The predicted octanol–water partition coefficient (Wildman–Crippen LogP) is 0.00230. The van der Waals surface area contributed by atoms with E-state index in [4.69, 9.17) is 9.47 Å². The maximum absolute atomic E-state index is 11.6. The molecule has 2 rings (SSSR count). The summed E-state index contributed by atoms with van der Waals surface area (Å²) >= 11 is 0. The second-order valence-electron chi connectivity index (χ2n) is 4.75. The molecule has 2 aliphatic rings. The van der Waals surface area contributed by atoms with Gasteiger partial charge in [0, 0.05) is 20.2 Å². The molecule has 2 aliphatic heterocycles. The van der Waals surface area contributed by atoms with Crippen LogP contribution in [0.15, 0.2) is 0 Å². The summed E-state index contributed by atoms with van der Waals surface area (Å²) in [7, 11) is 1.62. The Morgan fingerprint density at radius 2 is 2.00 bits per heavy atom. The molecule has 5 heteroatoms. The monoisotopic (exact) mass is 242 g/mol. The highest BCUT2D eigenvalue weighted by Gasteiger charge is 2.32. The lowest BCUT2D eigenvalue weighted by atomic mass is 10.1. The molecule has 2 heterocycles. The lowest BCUT2D eigenvalue weighted by Crippen LogP contribution is -2.56. The summed E-state index contributed by atoms with van der Waals surface area (Å²) < 4.78 is 10.8. The van der Waals surface area contributed by atoms with E-state index in [1.807, 2.05) is 4.90 Å². The summed E-state index contributed by atoms with van der Waals surface area (Å²) in [6.07, 6.45) is 3.31. The van der Waals surface area contributed by atoms with E-state index in [1.165, 1.54) is 0 Å². The molecular formula is C12H22N2O3. The second kappa shape index (κ2) is 6.33. The number of likely N-dealkylation sites (tertiary alicyclic amines) is 1. The van der Waals surface area contributed by atoms with Crippen molar-refractivity contribution in [3.63, 3.8) is 0 Å². The van der Waals surface area contributed by atoms with Gasteiger partial charge in [0.15, 0.2) is 0 Å². The van der Waals surface area contributed by atoms with Crippen LogP contribution in [0.3, 0.4) is 0 Å². The molecule has 0 aliphatic carbocycles. The van der Waals surface area contributed by atoms with Crippen LogP contribution in [0.4, 0.5) is 0 Å². The quantitative estimate of drug-likeness (QED) is 0.737. The van der Waals surface area contributed by atoms with Crippen molar-refractivity contribution < 1.29 is 14.3 Å². The molecule has 0 aromatic carbocycles. The van der Waals surface area contributed by atoms with Gasteiger partial charge in [0.2, 0.25) is 5.91 Å². The molecule has 0 aromatic heterocycles. The van der Waals surface area contributed by atoms with Crippen molar-refractivity contribution in [2.45, 2.75) is 31.5 Å². The number of nitrogens with zero attached hydrogens (tertiary/aromatic N) is 1. The average Bonchev–Trinajstić information content (AvgIpc) is 2.31. The third kappa shape index (κ3) is 3.66. The highest BCUT2D eigenvalue weighted by Crippen LogP contribution is 2.18. The number of rotatable bonds is 5. The molecule has 0 aromatic rings. The van der Waals surface area contributed by atoms with E-state index in [2.05, 4.69) is 5.32 Å². The van der Waals surface area contributed by atoms with Gasteiger partial charge in [0.25, 0.3) is 0 Å². The van der Waals surface area contributed by atoms with Gasteiger partial charge in [-0.15, -0.1) is 0 Å². The third-order valence-electron chi connectivity index (χ3n) is 3.39. The van der Waals surface area contributed by atoms with Crippen LogP contribution < -0.4 is 5.32 Å². The molecule has 5 nitrogen and oxygen atoms in total. The Bertz CT molecular complexity index is 248. The molecule has 2 saturated heterocycles. The minimum atomic E-state index is 0.178. The van der Waals surface area contributed by atoms with E-state index in [0.717, 1.165) is 39.0 Å². The number of carbonyl (C=O) groups excluding carboxylic acids is 1. The molecule has 1 amide bonds. The Labute approximate surface area is 102 Å². The van der Waals surface area contributed by atoms with Crippen molar-refractivity contribution in [2.24, 2.45) is 0 Å². The molecular weight excluding hydrogens is 220 g/mol. The number of amides is 1. The zero-order valence-electron chi connectivity index (χ0n) is 10.5. The van der Waals surface area contributed by atoms with Gasteiger partial charge >= 0.3 is 0 Å². The smallest absolute Gasteiger partial charge is 0.225 e. The number of hydrogen-bond acceptors (Lipinski definition) is 4. The van der Waals surface area contributed by atoms with E-state index in [9.17, 15) is 4.79 Å². The summed E-state index contributed by atoms with van der Waals surface area (Å²) in [6.45, 7) is 4.12. The minimum Gasteiger partial charge on any atom is -0.384 e. The third-order valence-corrected chi connectivity index (χ3v) is 3.39. The van der Waals surface area contributed by atoms with Crippen molar-refractivity contribution in [3.8, 4) is 0 Å². The van der Waals surface area contributed by atoms with Crippen LogP contribution in [-0.4, -0.2) is 62.9 Å². The first-order chi connectivity index (χ1) is 8.29. The summed E-state index contributed by atoms with van der Waals surface area (Å²) in [5, 5.41) is 3.32. The molecule has 1 N–H and O–H groups in total. The van der Waals surface area contributed by atoms with Crippen LogP contribution in [0.1, 0.15) is 19.3 Å². The van der Waals surface area contributed by atoms with Crippen LogP contribution in [-0.2, 0) is 14.3 Å². The Balaban J connectivity index is 1.59. The van der Waals surface area contributed by atoms with Crippen molar-refractivity contribution in [1.29, 1.82) is 0 Å². The van der Waals surface area contributed by atoms with E-state index in [-0.39, 0.29) is 12.0 Å². The lowest BCUT2D eigenvalue weighted by molar-refractivity contribution is -0.151. The molecule has 0 bridgehead atoms.